The number of nitrogens with zero attached hydrogens (tertiary/aromatic N) is 3. The Morgan fingerprint density at radius 3 is 2.70 bits per heavy atom. The van der Waals surface area contributed by atoms with Gasteiger partial charge < -0.3 is 15.2 Å². The average molecular weight is 370 g/mol. The molecule has 1 aromatic heterocycles. The van der Waals surface area contributed by atoms with Gasteiger partial charge in [-0.15, -0.1) is 0 Å². The van der Waals surface area contributed by atoms with Gasteiger partial charge in [-0.3, -0.25) is 9.69 Å². The summed E-state index contributed by atoms with van der Waals surface area (Å²) < 4.78 is 0. The molecule has 2 aromatic rings. The molecular weight excluding hydrogens is 338 g/mol. The van der Waals surface area contributed by atoms with E-state index in [1.54, 1.807) is 6.33 Å². The average Bonchev–Trinajstić information content (AvgIpc) is 3.18. The Hall–Kier alpha value is -1.92. The third-order valence-corrected chi connectivity index (χ3v) is 6.24. The maximum atomic E-state index is 13.2. The fourth-order valence-electron chi connectivity index (χ4n) is 4.80. The van der Waals surface area contributed by atoms with E-state index in [0.29, 0.717) is 5.56 Å². The van der Waals surface area contributed by atoms with Crippen LogP contribution in [0.3, 0.4) is 0 Å². The first-order valence-corrected chi connectivity index (χ1v) is 10.4. The van der Waals surface area contributed by atoms with Gasteiger partial charge in [-0.25, -0.2) is 4.98 Å². The van der Waals surface area contributed by atoms with Gasteiger partial charge in [-0.2, -0.15) is 0 Å². The van der Waals surface area contributed by atoms with E-state index in [4.69, 9.17) is 0 Å². The van der Waals surface area contributed by atoms with Crippen LogP contribution in [0.25, 0.3) is 11.0 Å². The summed E-state index contributed by atoms with van der Waals surface area (Å²) >= 11 is 0. The van der Waals surface area contributed by atoms with Crippen LogP contribution >= 0.6 is 0 Å². The number of amides is 1. The normalized spacial score (nSPS) is 21.4. The van der Waals surface area contributed by atoms with E-state index in [9.17, 15) is 4.79 Å². The van der Waals surface area contributed by atoms with Gasteiger partial charge in [0.2, 0.25) is 0 Å². The molecule has 0 bridgehead atoms. The topological polar surface area (TPSA) is 64.3 Å². The van der Waals surface area contributed by atoms with Crippen LogP contribution in [0.1, 0.15) is 55.8 Å². The Morgan fingerprint density at radius 2 is 1.96 bits per heavy atom. The van der Waals surface area contributed by atoms with Gasteiger partial charge in [0.05, 0.1) is 23.1 Å². The van der Waals surface area contributed by atoms with Gasteiger partial charge in [0.25, 0.3) is 5.91 Å². The summed E-state index contributed by atoms with van der Waals surface area (Å²) in [7, 11) is 0. The number of fused-ring (bicyclic) bond motifs is 1. The molecule has 0 radical (unpaired) electrons. The minimum absolute atomic E-state index is 0.00517. The molecule has 1 aliphatic carbocycles. The second-order valence-electron chi connectivity index (χ2n) is 7.98. The molecule has 0 unspecified atom stereocenters. The van der Waals surface area contributed by atoms with Crippen LogP contribution in [0.2, 0.25) is 0 Å². The van der Waals surface area contributed by atoms with Crippen molar-refractivity contribution in [2.75, 3.05) is 32.7 Å². The summed E-state index contributed by atoms with van der Waals surface area (Å²) in [5.74, 6) is 0.00517. The van der Waals surface area contributed by atoms with E-state index < -0.39 is 0 Å². The first kappa shape index (κ1) is 18.4. The maximum absolute atomic E-state index is 13.2. The van der Waals surface area contributed by atoms with Gasteiger partial charge in [0.15, 0.2) is 0 Å². The summed E-state index contributed by atoms with van der Waals surface area (Å²) in [6.45, 7) is 7.68. The summed E-state index contributed by atoms with van der Waals surface area (Å²) in [6.07, 6.45) is 8.58. The van der Waals surface area contributed by atoms with Gasteiger partial charge in [-0.05, 0) is 50.8 Å². The number of para-hydroxylation sites is 1. The van der Waals surface area contributed by atoms with Crippen LogP contribution in [0.5, 0.6) is 0 Å². The summed E-state index contributed by atoms with van der Waals surface area (Å²) in [6, 6.07) is 5.77. The van der Waals surface area contributed by atoms with Crippen molar-refractivity contribution in [2.24, 2.45) is 0 Å². The third kappa shape index (κ3) is 3.73. The first-order chi connectivity index (χ1) is 13.2. The van der Waals surface area contributed by atoms with E-state index in [0.717, 1.165) is 50.1 Å². The van der Waals surface area contributed by atoms with Crippen LogP contribution in [0, 0.1) is 0 Å². The molecule has 1 saturated heterocycles. The molecule has 1 saturated carbocycles. The number of piperazine rings is 1. The van der Waals surface area contributed by atoms with Crippen molar-refractivity contribution < 1.29 is 4.79 Å². The Bertz CT molecular complexity index is 772. The number of hydrogen-bond acceptors (Lipinski definition) is 4. The highest BCUT2D eigenvalue weighted by Gasteiger charge is 2.40. The number of H-pyrrole nitrogens is 1. The van der Waals surface area contributed by atoms with Gasteiger partial charge >= 0.3 is 0 Å². The van der Waals surface area contributed by atoms with E-state index >= 15 is 0 Å². The minimum Gasteiger partial charge on any atom is -0.345 e. The van der Waals surface area contributed by atoms with E-state index in [1.165, 1.54) is 32.2 Å². The predicted octanol–water partition coefficient (Wildman–Crippen LogP) is 2.98. The molecule has 2 N–H and O–H groups in total. The second kappa shape index (κ2) is 7.98. The van der Waals surface area contributed by atoms with Crippen molar-refractivity contribution in [3.63, 3.8) is 0 Å². The number of carbonyl (C=O) groups excluding carboxylic acids is 1. The van der Waals surface area contributed by atoms with Gasteiger partial charge in [0.1, 0.15) is 5.52 Å². The standard InChI is InChI=1S/C21H31N5O/c1-2-11-25-12-14-26(15-13-25)21(9-4-3-5-10-21)24-20(27)17-7-6-8-18-19(17)23-16-22-18/h6-8,16H,2-5,9-15H2,1H3,(H,22,23)(H,24,27). The Morgan fingerprint density at radius 1 is 1.19 bits per heavy atom. The zero-order valence-electron chi connectivity index (χ0n) is 16.3. The quantitative estimate of drug-likeness (QED) is 0.850. The Labute approximate surface area is 161 Å². The summed E-state index contributed by atoms with van der Waals surface area (Å²) in [5.41, 5.74) is 2.14. The van der Waals surface area contributed by atoms with Crippen molar-refractivity contribution in [1.29, 1.82) is 0 Å². The molecule has 6 nitrogen and oxygen atoms in total. The zero-order chi connectivity index (χ0) is 18.7. The molecule has 0 atom stereocenters. The van der Waals surface area contributed by atoms with Crippen molar-refractivity contribution >= 4 is 16.9 Å². The lowest BCUT2D eigenvalue weighted by Gasteiger charge is -2.50. The Balaban J connectivity index is 1.54. The molecule has 27 heavy (non-hydrogen) atoms. The number of hydrogen-bond donors (Lipinski definition) is 2. The Kier molecular flexibility index (Phi) is 5.45. The van der Waals surface area contributed by atoms with Gasteiger partial charge in [-0.1, -0.05) is 19.4 Å². The van der Waals surface area contributed by atoms with Gasteiger partial charge in [0, 0.05) is 26.2 Å². The molecule has 2 aliphatic rings. The number of rotatable bonds is 5. The summed E-state index contributed by atoms with van der Waals surface area (Å²) in [5, 5.41) is 3.46. The number of nitrogens with one attached hydrogen (secondary N) is 2. The smallest absolute Gasteiger partial charge is 0.254 e. The molecule has 2 fully saturated rings. The summed E-state index contributed by atoms with van der Waals surface area (Å²) in [4.78, 5) is 25.8. The molecule has 4 rings (SSSR count). The molecule has 0 spiro atoms. The highest BCUT2D eigenvalue weighted by atomic mass is 16.2. The van der Waals surface area contributed by atoms with Crippen LogP contribution in [0.15, 0.2) is 24.5 Å². The predicted molar refractivity (Wildman–Crippen MR) is 108 cm³/mol. The number of aromatic nitrogens is 2. The fraction of sp³-hybridized carbons (Fsp3) is 0.619. The van der Waals surface area contributed by atoms with Crippen LogP contribution in [-0.2, 0) is 0 Å². The van der Waals surface area contributed by atoms with Crippen LogP contribution in [-0.4, -0.2) is 64.1 Å². The third-order valence-electron chi connectivity index (χ3n) is 6.24. The molecule has 1 amide bonds. The lowest BCUT2D eigenvalue weighted by Crippen LogP contribution is -2.65. The number of imidazole rings is 1. The molecule has 146 valence electrons. The zero-order valence-corrected chi connectivity index (χ0v) is 16.3. The molecule has 1 aliphatic heterocycles. The van der Waals surface area contributed by atoms with Crippen LogP contribution in [0.4, 0.5) is 0 Å². The second-order valence-corrected chi connectivity index (χ2v) is 7.98. The van der Waals surface area contributed by atoms with Crippen LogP contribution < -0.4 is 5.32 Å². The lowest BCUT2D eigenvalue weighted by molar-refractivity contribution is -0.0118. The highest BCUT2D eigenvalue weighted by molar-refractivity contribution is 6.05. The van der Waals surface area contributed by atoms with Crippen molar-refractivity contribution in [3.05, 3.63) is 30.1 Å². The molecule has 6 heteroatoms. The fourth-order valence-corrected chi connectivity index (χ4v) is 4.80. The van der Waals surface area contributed by atoms with Crippen molar-refractivity contribution in [1.82, 2.24) is 25.1 Å². The first-order valence-electron chi connectivity index (χ1n) is 10.4. The molecule has 1 aromatic carbocycles. The van der Waals surface area contributed by atoms with Crippen molar-refractivity contribution in [3.8, 4) is 0 Å². The maximum Gasteiger partial charge on any atom is 0.254 e. The monoisotopic (exact) mass is 369 g/mol. The minimum atomic E-state index is -0.202. The largest absolute Gasteiger partial charge is 0.345 e. The number of carbonyl (C=O) groups is 1. The van der Waals surface area contributed by atoms with E-state index in [-0.39, 0.29) is 11.6 Å². The van der Waals surface area contributed by atoms with E-state index in [1.807, 2.05) is 18.2 Å². The van der Waals surface area contributed by atoms with Crippen molar-refractivity contribution in [2.45, 2.75) is 51.1 Å². The highest BCUT2D eigenvalue weighted by Crippen LogP contribution is 2.33. The SMILES string of the molecule is CCCN1CCN(C2(NC(=O)c3cccc4[nH]cnc34)CCCCC2)CC1. The molecule has 2 heterocycles. The van der Waals surface area contributed by atoms with E-state index in [2.05, 4.69) is 32.0 Å². The lowest BCUT2D eigenvalue weighted by atomic mass is 9.86. The molecular formula is C21H31N5O. The number of benzene rings is 1. The number of aromatic amines is 1.